The first kappa shape index (κ1) is 18.5. The number of benzene rings is 2. The van der Waals surface area contributed by atoms with Gasteiger partial charge in [-0.3, -0.25) is 9.78 Å². The maximum Gasteiger partial charge on any atom is 0.222 e. The van der Waals surface area contributed by atoms with Crippen LogP contribution in [-0.2, 0) is 13.1 Å². The van der Waals surface area contributed by atoms with Crippen LogP contribution < -0.4 is 5.32 Å². The average Bonchev–Trinajstić information content (AvgIpc) is 3.17. The van der Waals surface area contributed by atoms with Gasteiger partial charge in [0, 0.05) is 18.3 Å². The minimum atomic E-state index is -0.289. The van der Waals surface area contributed by atoms with Gasteiger partial charge in [0.2, 0.25) is 11.8 Å². The van der Waals surface area contributed by atoms with E-state index in [0.29, 0.717) is 29.6 Å². The second-order valence-electron chi connectivity index (χ2n) is 6.40. The number of nitrogens with one attached hydrogen (secondary N) is 1. The number of hydrogen-bond acceptors (Lipinski definition) is 5. The maximum absolute atomic E-state index is 13.1. The van der Waals surface area contributed by atoms with Crippen molar-refractivity contribution in [3.8, 4) is 11.5 Å². The molecule has 2 aromatic carbocycles. The lowest BCUT2D eigenvalue weighted by Crippen LogP contribution is -2.15. The summed E-state index contributed by atoms with van der Waals surface area (Å²) in [4.78, 5) is 21.4. The van der Waals surface area contributed by atoms with Crippen LogP contribution in [0.2, 0.25) is 0 Å². The third-order valence-corrected chi connectivity index (χ3v) is 4.32. The Morgan fingerprint density at radius 2 is 1.72 bits per heavy atom. The third-order valence-electron chi connectivity index (χ3n) is 4.32. The van der Waals surface area contributed by atoms with Gasteiger partial charge in [-0.05, 0) is 29.8 Å². The Morgan fingerprint density at radius 1 is 0.966 bits per heavy atom. The van der Waals surface area contributed by atoms with Gasteiger partial charge >= 0.3 is 0 Å². The summed E-state index contributed by atoms with van der Waals surface area (Å²) in [5.74, 6) is 0.503. The number of anilines is 1. The predicted octanol–water partition coefficient (Wildman–Crippen LogP) is 3.97. The van der Waals surface area contributed by atoms with Crippen LogP contribution in [0.4, 0.5) is 10.3 Å². The molecule has 2 heterocycles. The zero-order chi connectivity index (χ0) is 20.1. The largest absolute Gasteiger partial charge is 0.350 e. The van der Waals surface area contributed by atoms with Crippen molar-refractivity contribution in [2.24, 2.45) is 0 Å². The van der Waals surface area contributed by atoms with Gasteiger partial charge in [-0.15, -0.1) is 5.10 Å². The molecule has 0 spiro atoms. The number of carbonyl (C=O) groups is 1. The summed E-state index contributed by atoms with van der Waals surface area (Å²) in [6, 6.07) is 20.7. The fourth-order valence-electron chi connectivity index (χ4n) is 2.82. The first-order chi connectivity index (χ1) is 14.2. The molecule has 0 amide bonds. The lowest BCUT2D eigenvalue weighted by atomic mass is 10.1. The third kappa shape index (κ3) is 4.52. The van der Waals surface area contributed by atoms with Gasteiger partial charge in [0.15, 0.2) is 5.78 Å². The first-order valence-electron chi connectivity index (χ1n) is 9.12. The van der Waals surface area contributed by atoms with Crippen molar-refractivity contribution in [3.63, 3.8) is 0 Å². The smallest absolute Gasteiger partial charge is 0.222 e. The van der Waals surface area contributed by atoms with E-state index in [1.807, 2.05) is 36.4 Å². The second-order valence-corrected chi connectivity index (χ2v) is 6.40. The zero-order valence-corrected chi connectivity index (χ0v) is 15.5. The normalized spacial score (nSPS) is 10.7. The van der Waals surface area contributed by atoms with Crippen molar-refractivity contribution >= 4 is 11.7 Å². The number of halogens is 1. The predicted molar refractivity (Wildman–Crippen MR) is 108 cm³/mol. The molecule has 144 valence electrons. The number of aromatic nitrogens is 4. The minimum Gasteiger partial charge on any atom is -0.350 e. The molecule has 6 nitrogen and oxygen atoms in total. The molecule has 2 aromatic heterocycles. The topological polar surface area (TPSA) is 72.7 Å². The van der Waals surface area contributed by atoms with Crippen molar-refractivity contribution in [3.05, 3.63) is 95.9 Å². The molecule has 0 aliphatic carbocycles. The molecule has 0 saturated heterocycles. The molecule has 7 heteroatoms. The molecule has 0 bridgehead atoms. The standard InChI is InChI=1S/C22H18FN5O/c23-18-11-9-16(10-12-18)14-25-22-26-21(19-8-4-5-13-24-19)27-28(22)15-20(29)17-6-2-1-3-7-17/h1-13H,14-15H2,(H,25,26,27). The highest BCUT2D eigenvalue weighted by molar-refractivity contribution is 5.95. The van der Waals surface area contributed by atoms with Crippen LogP contribution in [-0.4, -0.2) is 25.5 Å². The average molecular weight is 387 g/mol. The maximum atomic E-state index is 13.1. The summed E-state index contributed by atoms with van der Waals surface area (Å²) < 4.78 is 14.6. The molecule has 0 aliphatic rings. The number of pyridine rings is 1. The van der Waals surface area contributed by atoms with E-state index in [4.69, 9.17) is 0 Å². The molecule has 0 radical (unpaired) electrons. The van der Waals surface area contributed by atoms with E-state index in [1.54, 1.807) is 30.5 Å². The van der Waals surface area contributed by atoms with Crippen LogP contribution in [0.15, 0.2) is 79.0 Å². The minimum absolute atomic E-state index is 0.0373. The number of ketones is 1. The van der Waals surface area contributed by atoms with Crippen LogP contribution in [0.5, 0.6) is 0 Å². The monoisotopic (exact) mass is 387 g/mol. The Labute approximate surface area is 167 Å². The van der Waals surface area contributed by atoms with Crippen LogP contribution in [0.1, 0.15) is 15.9 Å². The number of Topliss-reactive ketones (excluding diaryl/α,β-unsaturated/α-hetero) is 1. The molecule has 29 heavy (non-hydrogen) atoms. The van der Waals surface area contributed by atoms with Crippen LogP contribution in [0.3, 0.4) is 0 Å². The van der Waals surface area contributed by atoms with Crippen molar-refractivity contribution < 1.29 is 9.18 Å². The Morgan fingerprint density at radius 3 is 2.45 bits per heavy atom. The highest BCUT2D eigenvalue weighted by Gasteiger charge is 2.16. The quantitative estimate of drug-likeness (QED) is 0.486. The van der Waals surface area contributed by atoms with Gasteiger partial charge in [0.05, 0.1) is 0 Å². The van der Waals surface area contributed by atoms with E-state index in [9.17, 15) is 9.18 Å². The SMILES string of the molecule is O=C(Cn1nc(-c2ccccn2)nc1NCc1ccc(F)cc1)c1ccccc1. The second kappa shape index (κ2) is 8.43. The van der Waals surface area contributed by atoms with Gasteiger partial charge in [-0.2, -0.15) is 4.98 Å². The van der Waals surface area contributed by atoms with Gasteiger partial charge in [0.1, 0.15) is 18.1 Å². The highest BCUT2D eigenvalue weighted by Crippen LogP contribution is 2.17. The molecular weight excluding hydrogens is 369 g/mol. The molecule has 4 rings (SSSR count). The molecular formula is C22H18FN5O. The van der Waals surface area contributed by atoms with E-state index < -0.39 is 0 Å². The first-order valence-corrected chi connectivity index (χ1v) is 9.12. The molecule has 0 atom stereocenters. The van der Waals surface area contributed by atoms with E-state index in [1.165, 1.54) is 16.8 Å². The molecule has 0 aliphatic heterocycles. The number of rotatable bonds is 7. The van der Waals surface area contributed by atoms with Crippen molar-refractivity contribution in [1.29, 1.82) is 0 Å². The molecule has 0 unspecified atom stereocenters. The Balaban J connectivity index is 1.60. The van der Waals surface area contributed by atoms with Crippen LogP contribution in [0.25, 0.3) is 11.5 Å². The zero-order valence-electron chi connectivity index (χ0n) is 15.5. The summed E-state index contributed by atoms with van der Waals surface area (Å²) >= 11 is 0. The summed E-state index contributed by atoms with van der Waals surface area (Å²) in [6.45, 7) is 0.454. The summed E-state index contributed by atoms with van der Waals surface area (Å²) in [7, 11) is 0. The van der Waals surface area contributed by atoms with Gasteiger partial charge in [-0.1, -0.05) is 48.5 Å². The van der Waals surface area contributed by atoms with Gasteiger partial charge in [-0.25, -0.2) is 9.07 Å². The summed E-state index contributed by atoms with van der Waals surface area (Å²) in [5.41, 5.74) is 2.10. The number of nitrogens with zero attached hydrogens (tertiary/aromatic N) is 4. The summed E-state index contributed by atoms with van der Waals surface area (Å²) in [6.07, 6.45) is 1.66. The van der Waals surface area contributed by atoms with Crippen molar-refractivity contribution in [2.75, 3.05) is 5.32 Å². The van der Waals surface area contributed by atoms with Crippen molar-refractivity contribution in [1.82, 2.24) is 19.7 Å². The molecule has 4 aromatic rings. The van der Waals surface area contributed by atoms with Crippen LogP contribution >= 0.6 is 0 Å². The fourth-order valence-corrected chi connectivity index (χ4v) is 2.82. The van der Waals surface area contributed by atoms with Crippen molar-refractivity contribution in [2.45, 2.75) is 13.1 Å². The summed E-state index contributed by atoms with van der Waals surface area (Å²) in [5, 5.41) is 7.65. The highest BCUT2D eigenvalue weighted by atomic mass is 19.1. The van der Waals surface area contributed by atoms with Gasteiger partial charge in [0.25, 0.3) is 0 Å². The number of carbonyl (C=O) groups excluding carboxylic acids is 1. The Bertz CT molecular complexity index is 1100. The van der Waals surface area contributed by atoms with Gasteiger partial charge < -0.3 is 5.32 Å². The van der Waals surface area contributed by atoms with E-state index in [0.717, 1.165) is 5.56 Å². The van der Waals surface area contributed by atoms with E-state index in [2.05, 4.69) is 20.4 Å². The van der Waals surface area contributed by atoms with Crippen LogP contribution in [0, 0.1) is 5.82 Å². The lowest BCUT2D eigenvalue weighted by Gasteiger charge is -2.08. The van der Waals surface area contributed by atoms with E-state index in [-0.39, 0.29) is 18.1 Å². The fraction of sp³-hybridized carbons (Fsp3) is 0.0909. The number of hydrogen-bond donors (Lipinski definition) is 1. The van der Waals surface area contributed by atoms with E-state index >= 15 is 0 Å². The molecule has 1 N–H and O–H groups in total. The lowest BCUT2D eigenvalue weighted by molar-refractivity contribution is 0.0968. The molecule has 0 saturated carbocycles. The Kier molecular flexibility index (Phi) is 5.38. The Hall–Kier alpha value is -3.87. The molecule has 0 fully saturated rings.